The van der Waals surface area contributed by atoms with Crippen molar-refractivity contribution >= 4 is 35.7 Å². The van der Waals surface area contributed by atoms with Crippen LogP contribution in [0.5, 0.6) is 0 Å². The van der Waals surface area contributed by atoms with Crippen molar-refractivity contribution in [3.63, 3.8) is 0 Å². The average Bonchev–Trinajstić information content (AvgIpc) is 2.79. The lowest BCUT2D eigenvalue weighted by Gasteiger charge is -2.50. The maximum atomic E-state index is 4.02. The molecule has 0 atom stereocenters. The predicted molar refractivity (Wildman–Crippen MR) is 102 cm³/mol. The first-order chi connectivity index (χ1) is 9.99. The zero-order chi connectivity index (χ0) is 14.7. The second-order valence-corrected chi connectivity index (χ2v) is 7.60. The van der Waals surface area contributed by atoms with Crippen LogP contribution in [0, 0.1) is 0 Å². The van der Waals surface area contributed by atoms with Crippen LogP contribution in [0.2, 0.25) is 0 Å². The highest BCUT2D eigenvalue weighted by molar-refractivity contribution is 5.86. The minimum atomic E-state index is 0. The molecule has 0 saturated carbocycles. The van der Waals surface area contributed by atoms with Crippen molar-refractivity contribution in [2.24, 2.45) is 0 Å². The molecule has 2 aromatic rings. The molecule has 1 aromatic heterocycles. The van der Waals surface area contributed by atoms with Crippen molar-refractivity contribution in [1.29, 1.82) is 0 Å². The number of hydrogen-bond donors (Lipinski definition) is 2. The number of aromatic nitrogens is 1. The van der Waals surface area contributed by atoms with Crippen LogP contribution >= 0.6 is 24.8 Å². The quantitative estimate of drug-likeness (QED) is 0.751. The van der Waals surface area contributed by atoms with Gasteiger partial charge in [-0.2, -0.15) is 0 Å². The van der Waals surface area contributed by atoms with Crippen molar-refractivity contribution in [3.05, 3.63) is 35.5 Å². The standard InChI is InChI=1S/C18H25N3.2ClH/c1-17(2)12-15-16(13-6-4-5-7-14(13)19-15)18(20-17)8-10-21(3)11-9-18;;/h4-7,19-20H,8-12H2,1-3H3;2*1H. The SMILES string of the molecule is CN1CCC2(CC1)NC(C)(C)Cc1[nH]c3ccccc3c12.Cl.Cl. The summed E-state index contributed by atoms with van der Waals surface area (Å²) in [5, 5.41) is 5.43. The number of aromatic amines is 1. The molecule has 0 radical (unpaired) electrons. The van der Waals surface area contributed by atoms with Gasteiger partial charge < -0.3 is 15.2 Å². The van der Waals surface area contributed by atoms with Crippen LogP contribution in [-0.2, 0) is 12.0 Å². The van der Waals surface area contributed by atoms with Gasteiger partial charge in [-0.15, -0.1) is 24.8 Å². The van der Waals surface area contributed by atoms with Crippen LogP contribution in [0.3, 0.4) is 0 Å². The largest absolute Gasteiger partial charge is 0.358 e. The number of hydrogen-bond acceptors (Lipinski definition) is 2. The minimum absolute atomic E-state index is 0. The fourth-order valence-electron chi connectivity index (χ4n) is 4.45. The molecule has 1 fully saturated rings. The fourth-order valence-corrected chi connectivity index (χ4v) is 4.45. The van der Waals surface area contributed by atoms with Gasteiger partial charge >= 0.3 is 0 Å². The van der Waals surface area contributed by atoms with Gasteiger partial charge in [0.1, 0.15) is 0 Å². The zero-order valence-corrected chi connectivity index (χ0v) is 15.7. The van der Waals surface area contributed by atoms with Gasteiger partial charge in [-0.05, 0) is 52.9 Å². The molecule has 5 heteroatoms. The van der Waals surface area contributed by atoms with E-state index in [9.17, 15) is 0 Å². The lowest BCUT2D eigenvalue weighted by atomic mass is 9.72. The first-order valence-corrected chi connectivity index (χ1v) is 8.07. The Balaban J connectivity index is 0.000000960. The molecule has 0 aliphatic carbocycles. The summed E-state index contributed by atoms with van der Waals surface area (Å²) < 4.78 is 0. The number of fused-ring (bicyclic) bond motifs is 4. The molecule has 2 aliphatic rings. The number of nitrogens with zero attached hydrogens (tertiary/aromatic N) is 1. The maximum Gasteiger partial charge on any atom is 0.0487 e. The second kappa shape index (κ2) is 6.29. The summed E-state index contributed by atoms with van der Waals surface area (Å²) in [6.07, 6.45) is 3.47. The number of H-pyrrole nitrogens is 1. The third-order valence-electron chi connectivity index (χ3n) is 5.30. The Morgan fingerprint density at radius 2 is 1.70 bits per heavy atom. The molecule has 0 amide bonds. The van der Waals surface area contributed by atoms with E-state index in [-0.39, 0.29) is 35.9 Å². The average molecular weight is 356 g/mol. The number of rotatable bonds is 0. The zero-order valence-electron chi connectivity index (χ0n) is 14.1. The molecule has 128 valence electrons. The van der Waals surface area contributed by atoms with Crippen LogP contribution in [-0.4, -0.2) is 35.6 Å². The summed E-state index contributed by atoms with van der Waals surface area (Å²) in [5.74, 6) is 0. The smallest absolute Gasteiger partial charge is 0.0487 e. The summed E-state index contributed by atoms with van der Waals surface area (Å²) in [7, 11) is 2.23. The fraction of sp³-hybridized carbons (Fsp3) is 0.556. The lowest BCUT2D eigenvalue weighted by molar-refractivity contribution is 0.111. The topological polar surface area (TPSA) is 31.1 Å². The predicted octanol–water partition coefficient (Wildman–Crippen LogP) is 3.86. The lowest BCUT2D eigenvalue weighted by Crippen LogP contribution is -2.61. The van der Waals surface area contributed by atoms with Crippen molar-refractivity contribution < 1.29 is 0 Å². The van der Waals surface area contributed by atoms with Crippen LogP contribution in [0.25, 0.3) is 10.9 Å². The van der Waals surface area contributed by atoms with Crippen molar-refractivity contribution in [1.82, 2.24) is 15.2 Å². The third-order valence-corrected chi connectivity index (χ3v) is 5.30. The Hall–Kier alpha value is -0.740. The Labute approximate surface area is 151 Å². The van der Waals surface area contributed by atoms with Gasteiger partial charge in [0.2, 0.25) is 0 Å². The number of nitrogens with one attached hydrogen (secondary N) is 2. The van der Waals surface area contributed by atoms with E-state index < -0.39 is 0 Å². The first kappa shape index (κ1) is 18.6. The molecule has 1 saturated heterocycles. The Morgan fingerprint density at radius 3 is 2.39 bits per heavy atom. The van der Waals surface area contributed by atoms with Crippen LogP contribution < -0.4 is 5.32 Å². The van der Waals surface area contributed by atoms with Crippen LogP contribution in [0.1, 0.15) is 37.9 Å². The molecule has 2 N–H and O–H groups in total. The molecule has 3 nitrogen and oxygen atoms in total. The summed E-state index contributed by atoms with van der Waals surface area (Å²) in [6.45, 7) is 7.01. The molecular weight excluding hydrogens is 329 g/mol. The monoisotopic (exact) mass is 355 g/mol. The Bertz CT molecular complexity index is 685. The van der Waals surface area contributed by atoms with E-state index in [0.717, 1.165) is 6.42 Å². The molecule has 2 aliphatic heterocycles. The van der Waals surface area contributed by atoms with E-state index in [1.54, 1.807) is 5.56 Å². The van der Waals surface area contributed by atoms with Gasteiger partial charge in [0.15, 0.2) is 0 Å². The Morgan fingerprint density at radius 1 is 1.04 bits per heavy atom. The molecule has 23 heavy (non-hydrogen) atoms. The molecule has 0 bridgehead atoms. The van der Waals surface area contributed by atoms with Gasteiger partial charge in [-0.25, -0.2) is 0 Å². The van der Waals surface area contributed by atoms with Gasteiger partial charge in [0.25, 0.3) is 0 Å². The van der Waals surface area contributed by atoms with E-state index in [4.69, 9.17) is 0 Å². The van der Waals surface area contributed by atoms with Gasteiger partial charge in [-0.3, -0.25) is 0 Å². The number of halogens is 2. The van der Waals surface area contributed by atoms with E-state index in [1.165, 1.54) is 42.5 Å². The van der Waals surface area contributed by atoms with Crippen molar-refractivity contribution in [2.75, 3.05) is 20.1 Å². The Kier molecular flexibility index (Phi) is 5.08. The van der Waals surface area contributed by atoms with E-state index >= 15 is 0 Å². The van der Waals surface area contributed by atoms with Crippen molar-refractivity contribution in [2.45, 2.75) is 44.2 Å². The summed E-state index contributed by atoms with van der Waals surface area (Å²) >= 11 is 0. The highest BCUT2D eigenvalue weighted by atomic mass is 35.5. The normalized spacial score (nSPS) is 22.2. The molecule has 1 aromatic carbocycles. The highest BCUT2D eigenvalue weighted by Crippen LogP contribution is 2.44. The number of likely N-dealkylation sites (tertiary alicyclic amines) is 1. The van der Waals surface area contributed by atoms with E-state index in [0.29, 0.717) is 0 Å². The summed E-state index contributed by atoms with van der Waals surface area (Å²) in [4.78, 5) is 6.15. The van der Waals surface area contributed by atoms with Gasteiger partial charge in [-0.1, -0.05) is 18.2 Å². The van der Waals surface area contributed by atoms with Gasteiger partial charge in [0.05, 0.1) is 0 Å². The van der Waals surface area contributed by atoms with E-state index in [2.05, 4.69) is 60.4 Å². The molecule has 0 unspecified atom stereocenters. The maximum absolute atomic E-state index is 4.02. The van der Waals surface area contributed by atoms with E-state index in [1.807, 2.05) is 0 Å². The van der Waals surface area contributed by atoms with Crippen molar-refractivity contribution in [3.8, 4) is 0 Å². The molecule has 3 heterocycles. The van der Waals surface area contributed by atoms with Gasteiger partial charge in [0, 0.05) is 39.7 Å². The number of para-hydroxylation sites is 1. The highest BCUT2D eigenvalue weighted by Gasteiger charge is 2.46. The first-order valence-electron chi connectivity index (χ1n) is 8.07. The van der Waals surface area contributed by atoms with Crippen LogP contribution in [0.4, 0.5) is 0 Å². The van der Waals surface area contributed by atoms with Crippen LogP contribution in [0.15, 0.2) is 24.3 Å². The molecule has 1 spiro atoms. The summed E-state index contributed by atoms with van der Waals surface area (Å²) in [5.41, 5.74) is 4.59. The number of piperidine rings is 1. The minimum Gasteiger partial charge on any atom is -0.358 e. The number of benzene rings is 1. The summed E-state index contributed by atoms with van der Waals surface area (Å²) in [6, 6.07) is 8.79. The third kappa shape index (κ3) is 3.00. The molecular formula is C18H27Cl2N3. The molecule has 4 rings (SSSR count). The second-order valence-electron chi connectivity index (χ2n) is 7.60.